The lowest BCUT2D eigenvalue weighted by Gasteiger charge is -2.27. The monoisotopic (exact) mass is 672 g/mol. The van der Waals surface area contributed by atoms with Gasteiger partial charge in [0.15, 0.2) is 0 Å². The molecule has 5 aromatic carbocycles. The summed E-state index contributed by atoms with van der Waals surface area (Å²) in [6.07, 6.45) is 1.91. The molecule has 7 rings (SSSR count). The molecule has 1 aliphatic heterocycles. The molecule has 0 saturated heterocycles. The van der Waals surface area contributed by atoms with Crippen molar-refractivity contribution in [1.29, 1.82) is 0 Å². The van der Waals surface area contributed by atoms with E-state index in [1.807, 2.05) is 18.3 Å². The van der Waals surface area contributed by atoms with Gasteiger partial charge in [-0.15, -0.1) is 0 Å². The summed E-state index contributed by atoms with van der Waals surface area (Å²) in [5.74, 6) is 2.43. The number of aryl methyl sites for hydroxylation is 2. The number of fused-ring (bicyclic) bond motifs is 1. The van der Waals surface area contributed by atoms with E-state index >= 15 is 0 Å². The molecule has 2 heterocycles. The molecule has 5 heteroatoms. The zero-order valence-electron chi connectivity index (χ0n) is 31.1. The fraction of sp³-hybridized carbons (Fsp3) is 0.239. The van der Waals surface area contributed by atoms with Crippen LogP contribution in [0.1, 0.15) is 63.8 Å². The van der Waals surface area contributed by atoms with Gasteiger partial charge in [0.05, 0.1) is 17.1 Å². The average molecular weight is 673 g/mol. The van der Waals surface area contributed by atoms with Crippen LogP contribution in [0.2, 0.25) is 0 Å². The number of benzene rings is 5. The largest absolute Gasteiger partial charge is 0.457 e. The molecule has 6 aromatic rings. The van der Waals surface area contributed by atoms with E-state index in [1.54, 1.807) is 0 Å². The molecule has 0 atom stereocenters. The summed E-state index contributed by atoms with van der Waals surface area (Å²) >= 11 is 0. The number of anilines is 7. The molecule has 0 aliphatic carbocycles. The fourth-order valence-electron chi connectivity index (χ4n) is 6.61. The topological polar surface area (TPSA) is 31.8 Å². The lowest BCUT2D eigenvalue weighted by atomic mass is 9.86. The minimum absolute atomic E-state index is 0.00765. The maximum atomic E-state index is 6.81. The minimum atomic E-state index is -0.0886. The van der Waals surface area contributed by atoms with Crippen molar-refractivity contribution in [3.63, 3.8) is 0 Å². The Morgan fingerprint density at radius 1 is 0.549 bits per heavy atom. The van der Waals surface area contributed by atoms with Gasteiger partial charge >= 0.3 is 0 Å². The van der Waals surface area contributed by atoms with Crippen LogP contribution in [0, 0.1) is 13.8 Å². The van der Waals surface area contributed by atoms with Crippen LogP contribution >= 0.6 is 0 Å². The van der Waals surface area contributed by atoms with Gasteiger partial charge in [-0.25, -0.2) is 4.98 Å². The van der Waals surface area contributed by atoms with Crippen molar-refractivity contribution < 1.29 is 4.74 Å². The number of aromatic nitrogens is 1. The number of nitrogens with zero attached hydrogens (tertiary/aromatic N) is 4. The molecule has 0 amide bonds. The average Bonchev–Trinajstić information content (AvgIpc) is 3.47. The fourth-order valence-corrected chi connectivity index (χ4v) is 6.61. The lowest BCUT2D eigenvalue weighted by molar-refractivity contribution is 0.479. The van der Waals surface area contributed by atoms with Crippen LogP contribution in [0.25, 0.3) is 0 Å². The van der Waals surface area contributed by atoms with Crippen molar-refractivity contribution in [2.45, 2.75) is 66.2 Å². The number of hydrogen-bond donors (Lipinski definition) is 0. The highest BCUT2D eigenvalue weighted by atomic mass is 16.5. The Morgan fingerprint density at radius 3 is 1.80 bits per heavy atom. The van der Waals surface area contributed by atoms with Crippen molar-refractivity contribution in [2.24, 2.45) is 0 Å². The first kappa shape index (κ1) is 33.9. The molecule has 5 nitrogen and oxygen atoms in total. The molecule has 0 bridgehead atoms. The van der Waals surface area contributed by atoms with E-state index in [0.717, 1.165) is 34.4 Å². The Morgan fingerprint density at radius 2 is 1.16 bits per heavy atom. The summed E-state index contributed by atoms with van der Waals surface area (Å²) in [6, 6.07) is 45.0. The Labute approximate surface area is 303 Å². The smallest absolute Gasteiger partial charge is 0.137 e. The van der Waals surface area contributed by atoms with E-state index in [1.165, 1.54) is 39.3 Å². The molecule has 0 N–H and O–H groups in total. The highest BCUT2D eigenvalue weighted by molar-refractivity contribution is 5.88. The van der Waals surface area contributed by atoms with E-state index in [4.69, 9.17) is 9.72 Å². The standard InChI is InChI=1S/C46H48N4O/c1-32-24-42-43(25-33(32)2)49(31-48(42)36-16-11-9-12-17-36)39-26-35(46(6,7)8)27-41(30-39)51-40-21-15-20-38(29-40)50(37-18-13-10-14-19-37)44-28-34(22-23-47-44)45(3,4)5/h9-30H,31H2,1-8H3. The van der Waals surface area contributed by atoms with E-state index < -0.39 is 0 Å². The molecular weight excluding hydrogens is 625 g/mol. The highest BCUT2D eigenvalue weighted by Gasteiger charge is 2.30. The quantitative estimate of drug-likeness (QED) is 0.168. The van der Waals surface area contributed by atoms with Crippen LogP contribution in [0.5, 0.6) is 11.5 Å². The maximum absolute atomic E-state index is 6.81. The van der Waals surface area contributed by atoms with Crippen LogP contribution in [0.4, 0.5) is 39.9 Å². The van der Waals surface area contributed by atoms with Crippen LogP contribution in [0.3, 0.4) is 0 Å². The second-order valence-electron chi connectivity index (χ2n) is 15.6. The summed E-state index contributed by atoms with van der Waals surface area (Å²) in [5.41, 5.74) is 11.6. The zero-order valence-corrected chi connectivity index (χ0v) is 31.1. The second-order valence-corrected chi connectivity index (χ2v) is 15.6. The highest BCUT2D eigenvalue weighted by Crippen LogP contribution is 2.47. The Kier molecular flexibility index (Phi) is 8.84. The van der Waals surface area contributed by atoms with Crippen LogP contribution in [-0.2, 0) is 10.8 Å². The molecular formula is C46H48N4O. The summed E-state index contributed by atoms with van der Waals surface area (Å²) in [4.78, 5) is 11.9. The van der Waals surface area contributed by atoms with Gasteiger partial charge in [0.2, 0.25) is 0 Å². The van der Waals surface area contributed by atoms with Crippen molar-refractivity contribution in [3.8, 4) is 11.5 Å². The molecule has 0 spiro atoms. The van der Waals surface area contributed by atoms with Gasteiger partial charge < -0.3 is 14.5 Å². The molecule has 51 heavy (non-hydrogen) atoms. The van der Waals surface area contributed by atoms with E-state index in [0.29, 0.717) is 6.67 Å². The summed E-state index contributed by atoms with van der Waals surface area (Å²) in [6.45, 7) is 18.6. The minimum Gasteiger partial charge on any atom is -0.457 e. The zero-order chi connectivity index (χ0) is 35.9. The summed E-state index contributed by atoms with van der Waals surface area (Å²) in [7, 11) is 0. The van der Waals surface area contributed by atoms with Gasteiger partial charge in [0, 0.05) is 35.4 Å². The number of hydrogen-bond acceptors (Lipinski definition) is 5. The van der Waals surface area contributed by atoms with E-state index in [9.17, 15) is 0 Å². The predicted molar refractivity (Wildman–Crippen MR) is 214 cm³/mol. The number of rotatable bonds is 7. The molecule has 1 aromatic heterocycles. The number of pyridine rings is 1. The first-order valence-electron chi connectivity index (χ1n) is 17.8. The lowest BCUT2D eigenvalue weighted by Crippen LogP contribution is -2.24. The molecule has 258 valence electrons. The van der Waals surface area contributed by atoms with Crippen LogP contribution < -0.4 is 19.4 Å². The summed E-state index contributed by atoms with van der Waals surface area (Å²) in [5, 5.41) is 0. The van der Waals surface area contributed by atoms with Crippen molar-refractivity contribution in [1.82, 2.24) is 4.98 Å². The van der Waals surface area contributed by atoms with Gasteiger partial charge in [-0.3, -0.25) is 4.90 Å². The Hall–Kier alpha value is -5.55. The second kappa shape index (κ2) is 13.3. The third kappa shape index (κ3) is 7.07. The van der Waals surface area contributed by atoms with Crippen molar-refractivity contribution >= 4 is 39.9 Å². The van der Waals surface area contributed by atoms with E-state index in [-0.39, 0.29) is 10.8 Å². The molecule has 0 unspecified atom stereocenters. The molecule has 0 radical (unpaired) electrons. The Balaban J connectivity index is 1.29. The third-order valence-electron chi connectivity index (χ3n) is 9.76. The van der Waals surface area contributed by atoms with Gasteiger partial charge in [-0.2, -0.15) is 0 Å². The van der Waals surface area contributed by atoms with Crippen LogP contribution in [-0.4, -0.2) is 11.7 Å². The van der Waals surface area contributed by atoms with Crippen molar-refractivity contribution in [3.05, 3.63) is 156 Å². The van der Waals surface area contributed by atoms with Crippen LogP contribution in [0.15, 0.2) is 134 Å². The first-order chi connectivity index (χ1) is 24.3. The van der Waals surface area contributed by atoms with Gasteiger partial charge in [0.25, 0.3) is 0 Å². The SMILES string of the molecule is Cc1cc2c(cc1C)N(c1cc(Oc3cccc(N(c4ccccc4)c4cc(C(C)(C)C)ccn4)c3)cc(C(C)(C)C)c1)CN2c1ccccc1. The Bertz CT molecular complexity index is 2160. The normalized spacial score (nSPS) is 12.9. The van der Waals surface area contributed by atoms with Gasteiger partial charge in [0.1, 0.15) is 24.0 Å². The first-order valence-corrected chi connectivity index (χ1v) is 17.8. The number of para-hydroxylation sites is 2. The van der Waals surface area contributed by atoms with E-state index in [2.05, 4.69) is 185 Å². The third-order valence-corrected chi connectivity index (χ3v) is 9.76. The maximum Gasteiger partial charge on any atom is 0.137 e. The van der Waals surface area contributed by atoms with Gasteiger partial charge in [-0.05, 0) is 120 Å². The number of ether oxygens (including phenoxy) is 1. The molecule has 1 aliphatic rings. The molecule has 0 fully saturated rings. The summed E-state index contributed by atoms with van der Waals surface area (Å²) < 4.78 is 6.81. The predicted octanol–water partition coefficient (Wildman–Crippen LogP) is 12.8. The van der Waals surface area contributed by atoms with Gasteiger partial charge in [-0.1, -0.05) is 84.0 Å². The van der Waals surface area contributed by atoms with Crippen molar-refractivity contribution in [2.75, 3.05) is 21.4 Å². The molecule has 0 saturated carbocycles.